The molecule has 1 aliphatic rings. The van der Waals surface area contributed by atoms with Gasteiger partial charge in [0.1, 0.15) is 5.78 Å². The van der Waals surface area contributed by atoms with E-state index in [1.807, 2.05) is 10.9 Å². The van der Waals surface area contributed by atoms with Crippen molar-refractivity contribution < 1.29 is 4.79 Å². The molecule has 0 radical (unpaired) electrons. The van der Waals surface area contributed by atoms with E-state index >= 15 is 0 Å². The maximum Gasteiger partial charge on any atom is 0.137 e. The van der Waals surface area contributed by atoms with E-state index in [9.17, 15) is 4.79 Å². The summed E-state index contributed by atoms with van der Waals surface area (Å²) in [4.78, 5) is 12.4. The predicted octanol–water partition coefficient (Wildman–Crippen LogP) is 2.97. The molecule has 4 nitrogen and oxygen atoms in total. The highest BCUT2D eigenvalue weighted by Gasteiger charge is 2.41. The number of carbonyl (C=O) groups excluding carboxylic acids is 1. The van der Waals surface area contributed by atoms with Crippen LogP contribution < -0.4 is 0 Å². The first-order chi connectivity index (χ1) is 8.96. The molecule has 2 atom stereocenters. The Morgan fingerprint density at radius 2 is 2.16 bits per heavy atom. The fourth-order valence-electron chi connectivity index (χ4n) is 3.28. The standard InChI is InChI=1S/C15H25N3O/c1-5-8-18-14(10-16-17-18)15(3,4)12-7-6-11(2)9-13(12)19/h10-12H,5-9H2,1-4H3. The minimum atomic E-state index is -0.171. The van der Waals surface area contributed by atoms with Crippen LogP contribution in [0.25, 0.3) is 0 Å². The lowest BCUT2D eigenvalue weighted by Gasteiger charge is -2.37. The smallest absolute Gasteiger partial charge is 0.137 e. The van der Waals surface area contributed by atoms with Crippen molar-refractivity contribution in [2.24, 2.45) is 11.8 Å². The first-order valence-electron chi connectivity index (χ1n) is 7.38. The van der Waals surface area contributed by atoms with E-state index in [1.54, 1.807) is 0 Å². The second kappa shape index (κ2) is 5.43. The van der Waals surface area contributed by atoms with Crippen LogP contribution in [0.5, 0.6) is 0 Å². The highest BCUT2D eigenvalue weighted by molar-refractivity contribution is 5.83. The number of ketones is 1. The zero-order valence-electron chi connectivity index (χ0n) is 12.5. The second-order valence-electron chi connectivity index (χ2n) is 6.47. The predicted molar refractivity (Wildman–Crippen MR) is 74.9 cm³/mol. The first kappa shape index (κ1) is 14.2. The summed E-state index contributed by atoms with van der Waals surface area (Å²) in [5.74, 6) is 1.06. The van der Waals surface area contributed by atoms with E-state index in [1.165, 1.54) is 0 Å². The van der Waals surface area contributed by atoms with Gasteiger partial charge in [0.05, 0.1) is 11.9 Å². The number of hydrogen-bond donors (Lipinski definition) is 0. The highest BCUT2D eigenvalue weighted by Crippen LogP contribution is 2.39. The number of rotatable bonds is 4. The van der Waals surface area contributed by atoms with Crippen molar-refractivity contribution in [1.82, 2.24) is 15.0 Å². The van der Waals surface area contributed by atoms with Crippen molar-refractivity contribution in [2.45, 2.75) is 65.3 Å². The van der Waals surface area contributed by atoms with Crippen LogP contribution in [-0.4, -0.2) is 20.8 Å². The molecule has 0 amide bonds. The Morgan fingerprint density at radius 3 is 2.79 bits per heavy atom. The average Bonchev–Trinajstić information content (AvgIpc) is 2.78. The van der Waals surface area contributed by atoms with Gasteiger partial charge in [-0.05, 0) is 25.2 Å². The third-order valence-corrected chi connectivity index (χ3v) is 4.47. The van der Waals surface area contributed by atoms with Crippen LogP contribution >= 0.6 is 0 Å². The minimum absolute atomic E-state index is 0.109. The normalized spacial score (nSPS) is 24.7. The van der Waals surface area contributed by atoms with Crippen LogP contribution in [-0.2, 0) is 16.8 Å². The maximum absolute atomic E-state index is 12.4. The summed E-state index contributed by atoms with van der Waals surface area (Å²) in [5.41, 5.74) is 0.929. The molecule has 1 aromatic rings. The fourth-order valence-corrected chi connectivity index (χ4v) is 3.28. The lowest BCUT2D eigenvalue weighted by atomic mass is 9.67. The Kier molecular flexibility index (Phi) is 4.07. The molecule has 0 aromatic carbocycles. The zero-order valence-corrected chi connectivity index (χ0v) is 12.5. The number of nitrogens with zero attached hydrogens (tertiary/aromatic N) is 3. The van der Waals surface area contributed by atoms with Gasteiger partial charge < -0.3 is 0 Å². The molecule has 1 aromatic heterocycles. The van der Waals surface area contributed by atoms with Crippen LogP contribution in [0.3, 0.4) is 0 Å². The van der Waals surface area contributed by atoms with E-state index in [2.05, 4.69) is 38.0 Å². The number of carbonyl (C=O) groups is 1. The minimum Gasteiger partial charge on any atom is -0.299 e. The molecule has 0 saturated heterocycles. The monoisotopic (exact) mass is 263 g/mol. The van der Waals surface area contributed by atoms with Crippen molar-refractivity contribution >= 4 is 5.78 Å². The second-order valence-corrected chi connectivity index (χ2v) is 6.47. The Morgan fingerprint density at radius 1 is 1.42 bits per heavy atom. The lowest BCUT2D eigenvalue weighted by molar-refractivity contribution is -0.128. The third kappa shape index (κ3) is 2.72. The van der Waals surface area contributed by atoms with Crippen molar-refractivity contribution in [3.05, 3.63) is 11.9 Å². The summed E-state index contributed by atoms with van der Waals surface area (Å²) < 4.78 is 1.96. The Bertz CT molecular complexity index is 450. The van der Waals surface area contributed by atoms with Gasteiger partial charge in [0.15, 0.2) is 0 Å². The molecular weight excluding hydrogens is 238 g/mol. The lowest BCUT2D eigenvalue weighted by Crippen LogP contribution is -2.39. The number of aryl methyl sites for hydroxylation is 1. The van der Waals surface area contributed by atoms with Gasteiger partial charge >= 0.3 is 0 Å². The largest absolute Gasteiger partial charge is 0.299 e. The molecule has 2 rings (SSSR count). The van der Waals surface area contributed by atoms with Crippen molar-refractivity contribution in [3.8, 4) is 0 Å². The quantitative estimate of drug-likeness (QED) is 0.839. The molecule has 0 aliphatic heterocycles. The molecule has 0 bridgehead atoms. The van der Waals surface area contributed by atoms with E-state index in [0.29, 0.717) is 11.7 Å². The molecule has 2 unspecified atom stereocenters. The number of aromatic nitrogens is 3. The Balaban J connectivity index is 2.25. The van der Waals surface area contributed by atoms with Gasteiger partial charge in [-0.3, -0.25) is 4.79 Å². The summed E-state index contributed by atoms with van der Waals surface area (Å²) in [6.07, 6.45) is 5.73. The van der Waals surface area contributed by atoms with Crippen LogP contribution in [0.2, 0.25) is 0 Å². The summed E-state index contributed by atoms with van der Waals surface area (Å²) in [6, 6.07) is 0. The van der Waals surface area contributed by atoms with Gasteiger partial charge in [-0.15, -0.1) is 5.10 Å². The van der Waals surface area contributed by atoms with Gasteiger partial charge in [-0.2, -0.15) is 0 Å². The van der Waals surface area contributed by atoms with Crippen molar-refractivity contribution in [3.63, 3.8) is 0 Å². The van der Waals surface area contributed by atoms with Crippen LogP contribution in [0.1, 0.15) is 59.1 Å². The third-order valence-electron chi connectivity index (χ3n) is 4.47. The summed E-state index contributed by atoms with van der Waals surface area (Å²) >= 11 is 0. The summed E-state index contributed by atoms with van der Waals surface area (Å²) in [5, 5.41) is 8.21. The molecule has 1 saturated carbocycles. The summed E-state index contributed by atoms with van der Waals surface area (Å²) in [7, 11) is 0. The molecular formula is C15H25N3O. The Labute approximate surface area is 115 Å². The van der Waals surface area contributed by atoms with Crippen molar-refractivity contribution in [2.75, 3.05) is 0 Å². The zero-order chi connectivity index (χ0) is 14.0. The molecule has 1 aliphatic carbocycles. The van der Waals surface area contributed by atoms with Crippen LogP contribution in [0.4, 0.5) is 0 Å². The molecule has 0 spiro atoms. The van der Waals surface area contributed by atoms with E-state index < -0.39 is 0 Å². The maximum atomic E-state index is 12.4. The topological polar surface area (TPSA) is 47.8 Å². The van der Waals surface area contributed by atoms with E-state index in [4.69, 9.17) is 0 Å². The Hall–Kier alpha value is -1.19. The molecule has 0 N–H and O–H groups in total. The first-order valence-corrected chi connectivity index (χ1v) is 7.38. The van der Waals surface area contributed by atoms with Crippen LogP contribution in [0, 0.1) is 11.8 Å². The van der Waals surface area contributed by atoms with Crippen molar-refractivity contribution in [1.29, 1.82) is 0 Å². The van der Waals surface area contributed by atoms with Gasteiger partial charge in [0, 0.05) is 24.3 Å². The van der Waals surface area contributed by atoms with Gasteiger partial charge in [0.2, 0.25) is 0 Å². The number of hydrogen-bond acceptors (Lipinski definition) is 3. The van der Waals surface area contributed by atoms with E-state index in [0.717, 1.165) is 37.9 Å². The fraction of sp³-hybridized carbons (Fsp3) is 0.800. The molecule has 106 valence electrons. The van der Waals surface area contributed by atoms with Gasteiger partial charge in [-0.1, -0.05) is 32.9 Å². The number of Topliss-reactive ketones (excluding diaryl/α,β-unsaturated/α-hetero) is 1. The molecule has 1 heterocycles. The SMILES string of the molecule is CCCn1nncc1C(C)(C)C1CCC(C)CC1=O. The molecule has 1 fully saturated rings. The van der Waals surface area contributed by atoms with Gasteiger partial charge in [-0.25, -0.2) is 4.68 Å². The molecule has 19 heavy (non-hydrogen) atoms. The van der Waals surface area contributed by atoms with E-state index in [-0.39, 0.29) is 11.3 Å². The van der Waals surface area contributed by atoms with Crippen LogP contribution in [0.15, 0.2) is 6.20 Å². The van der Waals surface area contributed by atoms with Gasteiger partial charge in [0.25, 0.3) is 0 Å². The average molecular weight is 263 g/mol. The highest BCUT2D eigenvalue weighted by atomic mass is 16.1. The molecule has 4 heteroatoms. The summed E-state index contributed by atoms with van der Waals surface area (Å²) in [6.45, 7) is 9.50.